The number of nitrogens with one attached hydrogen (secondary N) is 2. The van der Waals surface area contributed by atoms with Crippen molar-refractivity contribution in [3.63, 3.8) is 0 Å². The summed E-state index contributed by atoms with van der Waals surface area (Å²) in [6.07, 6.45) is 7.45. The molecule has 4 saturated carbocycles. The van der Waals surface area contributed by atoms with E-state index in [1.165, 1.54) is 18.4 Å². The zero-order chi connectivity index (χ0) is 19.4. The van der Waals surface area contributed by atoms with Gasteiger partial charge < -0.3 is 10.6 Å². The quantitative estimate of drug-likeness (QED) is 0.802. The van der Waals surface area contributed by atoms with Gasteiger partial charge in [0, 0.05) is 6.54 Å². The molecule has 2 unspecified atom stereocenters. The number of halogens is 1. The molecule has 1 aromatic carbocycles. The maximum absolute atomic E-state index is 14.4. The van der Waals surface area contributed by atoms with E-state index in [0.29, 0.717) is 18.9 Å². The monoisotopic (exact) mass is 384 g/mol. The molecule has 5 fully saturated rings. The minimum atomic E-state index is -0.977. The van der Waals surface area contributed by atoms with E-state index in [1.807, 2.05) is 0 Å². The summed E-state index contributed by atoms with van der Waals surface area (Å²) < 4.78 is 14.4. The Morgan fingerprint density at radius 2 is 2.04 bits per heavy atom. The van der Waals surface area contributed by atoms with Crippen LogP contribution in [0.3, 0.4) is 0 Å². The highest BCUT2D eigenvalue weighted by Crippen LogP contribution is 2.77. The van der Waals surface area contributed by atoms with Crippen molar-refractivity contribution in [2.24, 2.45) is 16.7 Å². The number of hydrogen-bond acceptors (Lipinski definition) is 2. The zero-order valence-corrected chi connectivity index (χ0v) is 17.0. The second kappa shape index (κ2) is 6.55. The summed E-state index contributed by atoms with van der Waals surface area (Å²) in [4.78, 5) is 13.8. The molecule has 0 radical (unpaired) electrons. The lowest BCUT2D eigenvalue weighted by Gasteiger charge is -2.41. The summed E-state index contributed by atoms with van der Waals surface area (Å²) in [6.45, 7) is 3.39. The van der Waals surface area contributed by atoms with Crippen LogP contribution in [0.5, 0.6) is 0 Å². The third-order valence-electron chi connectivity index (χ3n) is 8.60. The molecule has 3 nitrogen and oxygen atoms in total. The average Bonchev–Trinajstić information content (AvgIpc) is 3.03. The molecule has 2 N–H and O–H groups in total. The lowest BCUT2D eigenvalue weighted by Crippen LogP contribution is -2.56. The molecule has 6 rings (SSSR count). The maximum Gasteiger partial charge on any atom is 0.227 e. The molecule has 1 aromatic rings. The molecule has 4 aliphatic carbocycles. The Hall–Kier alpha value is -1.42. The maximum atomic E-state index is 14.4. The van der Waals surface area contributed by atoms with Crippen LogP contribution in [0.15, 0.2) is 30.3 Å². The SMILES string of the molecule is CCC[C@]12CC3CC1(C(=O)N[C@@H]1CCNC[C@@H]1F)C[C@@](c1ccccc1)(C3)C2. The largest absolute Gasteiger partial charge is 0.350 e. The summed E-state index contributed by atoms with van der Waals surface area (Å²) in [6, 6.07) is 10.6. The summed E-state index contributed by atoms with van der Waals surface area (Å²) >= 11 is 0. The molecule has 4 heteroatoms. The van der Waals surface area contributed by atoms with E-state index in [1.54, 1.807) is 0 Å². The number of benzene rings is 1. The Morgan fingerprint density at radius 1 is 1.21 bits per heavy atom. The van der Waals surface area contributed by atoms with Crippen LogP contribution in [-0.2, 0) is 10.2 Å². The fourth-order valence-corrected chi connectivity index (χ4v) is 7.89. The third-order valence-corrected chi connectivity index (χ3v) is 8.60. The predicted molar refractivity (Wildman–Crippen MR) is 109 cm³/mol. The topological polar surface area (TPSA) is 41.1 Å². The van der Waals surface area contributed by atoms with Gasteiger partial charge in [-0.25, -0.2) is 4.39 Å². The first-order chi connectivity index (χ1) is 13.5. The fourth-order valence-electron chi connectivity index (χ4n) is 7.89. The predicted octanol–water partition coefficient (Wildman–Crippen LogP) is 4.12. The van der Waals surface area contributed by atoms with E-state index in [0.717, 1.165) is 38.6 Å². The van der Waals surface area contributed by atoms with E-state index in [9.17, 15) is 9.18 Å². The second-order valence-corrected chi connectivity index (χ2v) is 10.2. The Labute approximate surface area is 167 Å². The van der Waals surface area contributed by atoms with E-state index >= 15 is 0 Å². The van der Waals surface area contributed by atoms with Crippen molar-refractivity contribution >= 4 is 5.91 Å². The molecule has 0 spiro atoms. The second-order valence-electron chi connectivity index (χ2n) is 10.2. The van der Waals surface area contributed by atoms with Crippen LogP contribution in [-0.4, -0.2) is 31.2 Å². The van der Waals surface area contributed by atoms with Crippen LogP contribution in [0.2, 0.25) is 0 Å². The van der Waals surface area contributed by atoms with Crippen LogP contribution >= 0.6 is 0 Å². The number of carbonyl (C=O) groups excluding carboxylic acids is 1. The minimum absolute atomic E-state index is 0.101. The molecule has 6 atom stereocenters. The summed E-state index contributed by atoms with van der Waals surface area (Å²) in [5, 5.41) is 6.31. The molecule has 4 bridgehead atoms. The van der Waals surface area contributed by atoms with Gasteiger partial charge in [0.1, 0.15) is 6.17 Å². The number of carbonyl (C=O) groups is 1. The number of hydrogen-bond donors (Lipinski definition) is 2. The van der Waals surface area contributed by atoms with Crippen LogP contribution in [0.1, 0.15) is 63.9 Å². The van der Waals surface area contributed by atoms with Crippen LogP contribution < -0.4 is 10.6 Å². The van der Waals surface area contributed by atoms with Gasteiger partial charge in [0.15, 0.2) is 0 Å². The molecule has 152 valence electrons. The van der Waals surface area contributed by atoms with Crippen molar-refractivity contribution in [3.8, 4) is 0 Å². The Bertz CT molecular complexity index is 754. The van der Waals surface area contributed by atoms with Gasteiger partial charge in [-0.05, 0) is 73.8 Å². The van der Waals surface area contributed by atoms with E-state index in [-0.39, 0.29) is 28.2 Å². The summed E-state index contributed by atoms with van der Waals surface area (Å²) in [7, 11) is 0. The Balaban J connectivity index is 1.49. The first-order valence-electron chi connectivity index (χ1n) is 11.2. The first-order valence-corrected chi connectivity index (χ1v) is 11.2. The molecule has 28 heavy (non-hydrogen) atoms. The number of amides is 1. The van der Waals surface area contributed by atoms with Crippen molar-refractivity contribution in [1.29, 1.82) is 0 Å². The van der Waals surface area contributed by atoms with Gasteiger partial charge in [-0.2, -0.15) is 0 Å². The smallest absolute Gasteiger partial charge is 0.227 e. The third kappa shape index (κ3) is 2.52. The Morgan fingerprint density at radius 3 is 2.79 bits per heavy atom. The lowest BCUT2D eigenvalue weighted by atomic mass is 9.63. The Kier molecular flexibility index (Phi) is 4.35. The van der Waals surface area contributed by atoms with Gasteiger partial charge in [0.25, 0.3) is 0 Å². The van der Waals surface area contributed by atoms with Gasteiger partial charge >= 0.3 is 0 Å². The van der Waals surface area contributed by atoms with E-state index in [4.69, 9.17) is 0 Å². The van der Waals surface area contributed by atoms with E-state index < -0.39 is 6.17 Å². The number of alkyl halides is 1. The van der Waals surface area contributed by atoms with Gasteiger partial charge in [-0.15, -0.1) is 0 Å². The normalized spacial score (nSPS) is 44.0. The van der Waals surface area contributed by atoms with Crippen LogP contribution in [0.25, 0.3) is 0 Å². The molecule has 0 aromatic heterocycles. The fraction of sp³-hybridized carbons (Fsp3) is 0.708. The molecule has 1 heterocycles. The van der Waals surface area contributed by atoms with Gasteiger partial charge in [-0.1, -0.05) is 43.7 Å². The summed E-state index contributed by atoms with van der Waals surface area (Å²) in [5.74, 6) is 0.796. The van der Waals surface area contributed by atoms with Crippen molar-refractivity contribution < 1.29 is 9.18 Å². The molecular formula is C24H33FN2O. The highest BCUT2D eigenvalue weighted by Gasteiger charge is 2.74. The number of piperidine rings is 1. The van der Waals surface area contributed by atoms with E-state index in [2.05, 4.69) is 47.9 Å². The first kappa shape index (κ1) is 18.6. The van der Waals surface area contributed by atoms with Gasteiger partial charge in [0.2, 0.25) is 5.91 Å². The van der Waals surface area contributed by atoms with Crippen molar-refractivity contribution in [1.82, 2.24) is 10.6 Å². The van der Waals surface area contributed by atoms with Gasteiger partial charge in [-0.3, -0.25) is 4.79 Å². The molecular weight excluding hydrogens is 351 g/mol. The molecule has 1 saturated heterocycles. The molecule has 1 aliphatic heterocycles. The van der Waals surface area contributed by atoms with Crippen molar-refractivity contribution in [2.75, 3.05) is 13.1 Å². The molecule has 5 aliphatic rings. The molecule has 1 amide bonds. The summed E-state index contributed by atoms with van der Waals surface area (Å²) in [5.41, 5.74) is 1.35. The van der Waals surface area contributed by atoms with Crippen molar-refractivity contribution in [2.45, 2.75) is 75.9 Å². The van der Waals surface area contributed by atoms with Crippen LogP contribution in [0.4, 0.5) is 4.39 Å². The van der Waals surface area contributed by atoms with Crippen LogP contribution in [0, 0.1) is 16.7 Å². The zero-order valence-electron chi connectivity index (χ0n) is 17.0. The average molecular weight is 385 g/mol. The lowest BCUT2D eigenvalue weighted by molar-refractivity contribution is -0.138. The number of rotatable bonds is 5. The minimum Gasteiger partial charge on any atom is -0.350 e. The van der Waals surface area contributed by atoms with Crippen molar-refractivity contribution in [3.05, 3.63) is 35.9 Å². The standard InChI is InChI=1S/C24H33FN2O/c1-2-9-23-12-17-11-22(15-23,18-6-4-3-5-7-18)16-24(23,13-17)21(28)27-20-8-10-26-14-19(20)25/h3-7,17,19-20,26H,2,8-16H2,1H3,(H,27,28)/t17?,19-,20+,22+,23+,24?/m0/s1. The highest BCUT2D eigenvalue weighted by molar-refractivity contribution is 5.86. The van der Waals surface area contributed by atoms with Gasteiger partial charge in [0.05, 0.1) is 11.5 Å². The highest BCUT2D eigenvalue weighted by atomic mass is 19.1.